The van der Waals surface area contributed by atoms with Crippen LogP contribution in [0.2, 0.25) is 0 Å². The van der Waals surface area contributed by atoms with Gasteiger partial charge in [0, 0.05) is 16.6 Å². The minimum absolute atomic E-state index is 0.0600. The first kappa shape index (κ1) is 12.1. The average molecular weight is 297 g/mol. The van der Waals surface area contributed by atoms with Crippen LogP contribution in [0.1, 0.15) is 18.4 Å². The molecule has 2 N–H and O–H groups in total. The molecule has 0 unspecified atom stereocenters. The van der Waals surface area contributed by atoms with Gasteiger partial charge in [0.15, 0.2) is 0 Å². The summed E-state index contributed by atoms with van der Waals surface area (Å²) in [6.45, 7) is 1.98. The maximum absolute atomic E-state index is 11.8. The Morgan fingerprint density at radius 3 is 2.88 bits per heavy atom. The highest BCUT2D eigenvalue weighted by atomic mass is 79.9. The molecule has 4 nitrogen and oxygen atoms in total. The first-order valence-electron chi connectivity index (χ1n) is 5.42. The molecule has 5 heteroatoms. The second-order valence-corrected chi connectivity index (χ2v) is 4.97. The highest BCUT2D eigenvalue weighted by molar-refractivity contribution is 9.10. The second-order valence-electron chi connectivity index (χ2n) is 4.11. The van der Waals surface area contributed by atoms with Crippen LogP contribution in [0.25, 0.3) is 0 Å². The van der Waals surface area contributed by atoms with Crippen LogP contribution in [-0.2, 0) is 9.59 Å². The van der Waals surface area contributed by atoms with E-state index in [-0.39, 0.29) is 11.8 Å². The van der Waals surface area contributed by atoms with Crippen molar-refractivity contribution in [3.05, 3.63) is 28.2 Å². The zero-order valence-corrected chi connectivity index (χ0v) is 11.0. The second kappa shape index (κ2) is 4.87. The van der Waals surface area contributed by atoms with Crippen LogP contribution < -0.4 is 10.6 Å². The number of carbonyl (C=O) groups is 2. The van der Waals surface area contributed by atoms with Gasteiger partial charge in [-0.15, -0.1) is 0 Å². The fourth-order valence-electron chi connectivity index (χ4n) is 1.71. The number of hydrogen-bond acceptors (Lipinski definition) is 2. The molecule has 0 bridgehead atoms. The fourth-order valence-corrected chi connectivity index (χ4v) is 2.09. The van der Waals surface area contributed by atoms with E-state index in [4.69, 9.17) is 0 Å². The lowest BCUT2D eigenvalue weighted by Crippen LogP contribution is -2.37. The Morgan fingerprint density at radius 2 is 2.29 bits per heavy atom. The van der Waals surface area contributed by atoms with Crippen LogP contribution >= 0.6 is 15.9 Å². The summed E-state index contributed by atoms with van der Waals surface area (Å²) in [5, 5.41) is 5.43. The third-order valence-corrected chi connectivity index (χ3v) is 3.61. The molecule has 1 aromatic carbocycles. The van der Waals surface area contributed by atoms with E-state index in [1.165, 1.54) is 0 Å². The predicted octanol–water partition coefficient (Wildman–Crippen LogP) is 1.97. The van der Waals surface area contributed by atoms with Gasteiger partial charge in [0.1, 0.15) is 6.04 Å². The normalized spacial score (nSPS) is 18.9. The van der Waals surface area contributed by atoms with Gasteiger partial charge in [-0.1, -0.05) is 22.0 Å². The number of benzene rings is 1. The van der Waals surface area contributed by atoms with Crippen LogP contribution in [0.15, 0.2) is 22.7 Å². The van der Waals surface area contributed by atoms with Gasteiger partial charge in [0.25, 0.3) is 0 Å². The van der Waals surface area contributed by atoms with Crippen molar-refractivity contribution < 1.29 is 9.59 Å². The Morgan fingerprint density at radius 1 is 1.53 bits per heavy atom. The zero-order valence-electron chi connectivity index (χ0n) is 9.42. The summed E-state index contributed by atoms with van der Waals surface area (Å²) < 4.78 is 0.950. The molecule has 1 atom stereocenters. The molecule has 1 saturated heterocycles. The summed E-state index contributed by atoms with van der Waals surface area (Å²) in [6.07, 6.45) is 0.993. The first-order chi connectivity index (χ1) is 8.06. The van der Waals surface area contributed by atoms with Crippen molar-refractivity contribution in [3.8, 4) is 0 Å². The quantitative estimate of drug-likeness (QED) is 0.877. The van der Waals surface area contributed by atoms with Gasteiger partial charge in [-0.2, -0.15) is 0 Å². The summed E-state index contributed by atoms with van der Waals surface area (Å²) in [5.74, 6) is -0.221. The van der Waals surface area contributed by atoms with Crippen molar-refractivity contribution in [2.45, 2.75) is 25.8 Å². The molecule has 17 heavy (non-hydrogen) atoms. The van der Waals surface area contributed by atoms with Gasteiger partial charge in [-0.3, -0.25) is 9.59 Å². The lowest BCUT2D eigenvalue weighted by Gasteiger charge is -2.11. The summed E-state index contributed by atoms with van der Waals surface area (Å²) in [6, 6.07) is 5.22. The number of halogens is 1. The molecule has 0 aromatic heterocycles. The molecular weight excluding hydrogens is 284 g/mol. The smallest absolute Gasteiger partial charge is 0.246 e. The molecule has 90 valence electrons. The van der Waals surface area contributed by atoms with Gasteiger partial charge < -0.3 is 10.6 Å². The third kappa shape index (κ3) is 2.85. The topological polar surface area (TPSA) is 58.2 Å². The molecule has 1 fully saturated rings. The molecule has 1 aliphatic heterocycles. The highest BCUT2D eigenvalue weighted by Crippen LogP contribution is 2.21. The summed E-state index contributed by atoms with van der Waals surface area (Å²) in [7, 11) is 0. The van der Waals surface area contributed by atoms with Gasteiger partial charge in [0.2, 0.25) is 11.8 Å². The van der Waals surface area contributed by atoms with E-state index < -0.39 is 6.04 Å². The van der Waals surface area contributed by atoms with Gasteiger partial charge >= 0.3 is 0 Å². The number of hydrogen-bond donors (Lipinski definition) is 2. The Bertz CT molecular complexity index is 474. The summed E-state index contributed by atoms with van der Waals surface area (Å²) in [4.78, 5) is 22.8. The number of anilines is 1. The molecule has 1 aromatic rings. The van der Waals surface area contributed by atoms with E-state index >= 15 is 0 Å². The fraction of sp³-hybridized carbons (Fsp3) is 0.333. The number of rotatable bonds is 2. The molecule has 0 spiro atoms. The van der Waals surface area contributed by atoms with E-state index in [0.717, 1.165) is 15.7 Å². The van der Waals surface area contributed by atoms with Gasteiger partial charge in [-0.25, -0.2) is 0 Å². The number of amides is 2. The van der Waals surface area contributed by atoms with Gasteiger partial charge in [-0.05, 0) is 31.0 Å². The van der Waals surface area contributed by atoms with Crippen LogP contribution in [0.3, 0.4) is 0 Å². The van der Waals surface area contributed by atoms with E-state index in [0.29, 0.717) is 12.8 Å². The molecular formula is C12H13BrN2O2. The predicted molar refractivity (Wildman–Crippen MR) is 68.7 cm³/mol. The monoisotopic (exact) mass is 296 g/mol. The van der Waals surface area contributed by atoms with Crippen molar-refractivity contribution in [2.24, 2.45) is 0 Å². The standard InChI is InChI=1S/C12H13BrN2O2/c1-7-2-3-8(6-9(7)13)14-12(17)10-4-5-11(16)15-10/h2-3,6,10H,4-5H2,1H3,(H,14,17)(H,15,16)/t10-/m0/s1. The zero-order chi connectivity index (χ0) is 12.4. The molecule has 0 saturated carbocycles. The number of nitrogens with one attached hydrogen (secondary N) is 2. The molecule has 2 rings (SSSR count). The largest absolute Gasteiger partial charge is 0.344 e. The molecule has 1 heterocycles. The maximum Gasteiger partial charge on any atom is 0.246 e. The van der Waals surface area contributed by atoms with E-state index in [9.17, 15) is 9.59 Å². The maximum atomic E-state index is 11.8. The first-order valence-corrected chi connectivity index (χ1v) is 6.22. The molecule has 2 amide bonds. The van der Waals surface area contributed by atoms with Crippen LogP contribution in [-0.4, -0.2) is 17.9 Å². The Kier molecular flexibility index (Phi) is 3.47. The molecule has 0 aliphatic carbocycles. The SMILES string of the molecule is Cc1ccc(NC(=O)[C@@H]2CCC(=O)N2)cc1Br. The summed E-state index contributed by atoms with van der Waals surface area (Å²) in [5.41, 5.74) is 1.84. The van der Waals surface area contributed by atoms with Crippen molar-refractivity contribution in [1.29, 1.82) is 0 Å². The van der Waals surface area contributed by atoms with Crippen LogP contribution in [0.4, 0.5) is 5.69 Å². The average Bonchev–Trinajstić information content (AvgIpc) is 2.70. The van der Waals surface area contributed by atoms with E-state index in [2.05, 4.69) is 26.6 Å². The van der Waals surface area contributed by atoms with Crippen molar-refractivity contribution in [1.82, 2.24) is 5.32 Å². The lowest BCUT2D eigenvalue weighted by atomic mass is 10.2. The Balaban J connectivity index is 2.03. The third-order valence-electron chi connectivity index (χ3n) is 2.75. The highest BCUT2D eigenvalue weighted by Gasteiger charge is 2.27. The van der Waals surface area contributed by atoms with Crippen LogP contribution in [0.5, 0.6) is 0 Å². The van der Waals surface area contributed by atoms with E-state index in [1.807, 2.05) is 25.1 Å². The molecule has 1 aliphatic rings. The van der Waals surface area contributed by atoms with Crippen LogP contribution in [0, 0.1) is 6.92 Å². The van der Waals surface area contributed by atoms with E-state index in [1.54, 1.807) is 0 Å². The van der Waals surface area contributed by atoms with Crippen molar-refractivity contribution in [3.63, 3.8) is 0 Å². The Hall–Kier alpha value is -1.36. The summed E-state index contributed by atoms with van der Waals surface area (Å²) >= 11 is 3.41. The van der Waals surface area contributed by atoms with Crippen molar-refractivity contribution >= 4 is 33.4 Å². The minimum Gasteiger partial charge on any atom is -0.344 e. The Labute approximate surface area is 108 Å². The number of aryl methyl sites for hydroxylation is 1. The number of carbonyl (C=O) groups excluding carboxylic acids is 2. The molecule has 0 radical (unpaired) electrons. The van der Waals surface area contributed by atoms with Gasteiger partial charge in [0.05, 0.1) is 0 Å². The lowest BCUT2D eigenvalue weighted by molar-refractivity contribution is -0.122. The van der Waals surface area contributed by atoms with Crippen molar-refractivity contribution in [2.75, 3.05) is 5.32 Å². The minimum atomic E-state index is -0.400.